The molecule has 0 saturated heterocycles. The quantitative estimate of drug-likeness (QED) is 0.750. The van der Waals surface area contributed by atoms with Gasteiger partial charge in [0.05, 0.1) is 13.2 Å². The summed E-state index contributed by atoms with van der Waals surface area (Å²) >= 11 is 0. The van der Waals surface area contributed by atoms with Crippen molar-refractivity contribution in [1.82, 2.24) is 5.32 Å². The zero-order valence-electron chi connectivity index (χ0n) is 11.6. The van der Waals surface area contributed by atoms with Crippen molar-refractivity contribution >= 4 is 5.97 Å². The first-order chi connectivity index (χ1) is 9.01. The molecular formula is C14H21NO4. The van der Waals surface area contributed by atoms with Crippen molar-refractivity contribution in [3.05, 3.63) is 29.8 Å². The van der Waals surface area contributed by atoms with Crippen molar-refractivity contribution in [3.8, 4) is 5.75 Å². The molecule has 0 spiro atoms. The van der Waals surface area contributed by atoms with Crippen LogP contribution in [0.2, 0.25) is 0 Å². The molecule has 0 aliphatic heterocycles. The molecule has 1 aromatic rings. The minimum atomic E-state index is -0.968. The van der Waals surface area contributed by atoms with Gasteiger partial charge in [-0.3, -0.25) is 4.79 Å². The van der Waals surface area contributed by atoms with Gasteiger partial charge < -0.3 is 19.9 Å². The third-order valence-corrected chi connectivity index (χ3v) is 3.10. The summed E-state index contributed by atoms with van der Waals surface area (Å²) in [5, 5.41) is 11.9. The van der Waals surface area contributed by atoms with Crippen molar-refractivity contribution in [2.75, 3.05) is 20.8 Å². The van der Waals surface area contributed by atoms with Crippen LogP contribution in [0.4, 0.5) is 0 Å². The van der Waals surface area contributed by atoms with Crippen LogP contribution in [-0.4, -0.2) is 37.4 Å². The van der Waals surface area contributed by atoms with Gasteiger partial charge in [-0.25, -0.2) is 0 Å². The van der Waals surface area contributed by atoms with Gasteiger partial charge in [-0.15, -0.1) is 0 Å². The van der Waals surface area contributed by atoms with Crippen molar-refractivity contribution in [1.29, 1.82) is 0 Å². The zero-order valence-corrected chi connectivity index (χ0v) is 11.6. The molecule has 0 radical (unpaired) electrons. The van der Waals surface area contributed by atoms with E-state index in [0.717, 1.165) is 11.3 Å². The molecule has 5 nitrogen and oxygen atoms in total. The molecule has 106 valence electrons. The fourth-order valence-electron chi connectivity index (χ4n) is 1.60. The molecule has 0 amide bonds. The van der Waals surface area contributed by atoms with Crippen molar-refractivity contribution in [2.24, 2.45) is 0 Å². The first-order valence-corrected chi connectivity index (χ1v) is 6.15. The molecule has 0 heterocycles. The Morgan fingerprint density at radius 3 is 2.79 bits per heavy atom. The maximum atomic E-state index is 11.1. The predicted molar refractivity (Wildman–Crippen MR) is 72.4 cm³/mol. The van der Waals surface area contributed by atoms with E-state index in [1.807, 2.05) is 24.3 Å². The second kappa shape index (κ2) is 7.11. The summed E-state index contributed by atoms with van der Waals surface area (Å²) in [5.74, 6) is -0.162. The van der Waals surface area contributed by atoms with Crippen LogP contribution < -0.4 is 10.1 Å². The number of nitrogens with one attached hydrogen (secondary N) is 1. The smallest absolute Gasteiger partial charge is 0.323 e. The molecule has 0 bridgehead atoms. The van der Waals surface area contributed by atoms with Gasteiger partial charge in [0, 0.05) is 13.5 Å². The fraction of sp³-hybridized carbons (Fsp3) is 0.500. The number of likely N-dealkylation sites (N-methyl/N-ethyl adjacent to an activating group) is 1. The van der Waals surface area contributed by atoms with E-state index in [1.165, 1.54) is 0 Å². The van der Waals surface area contributed by atoms with Gasteiger partial charge in [-0.1, -0.05) is 12.1 Å². The van der Waals surface area contributed by atoms with Gasteiger partial charge in [0.1, 0.15) is 11.3 Å². The highest BCUT2D eigenvalue weighted by atomic mass is 16.5. The van der Waals surface area contributed by atoms with E-state index in [4.69, 9.17) is 14.6 Å². The Bertz CT molecular complexity index is 422. The van der Waals surface area contributed by atoms with E-state index in [-0.39, 0.29) is 0 Å². The third-order valence-electron chi connectivity index (χ3n) is 3.10. The van der Waals surface area contributed by atoms with E-state index >= 15 is 0 Å². The number of carboxylic acids is 1. The van der Waals surface area contributed by atoms with E-state index in [9.17, 15) is 4.79 Å². The molecule has 0 aliphatic rings. The molecule has 0 fully saturated rings. The summed E-state index contributed by atoms with van der Waals surface area (Å²) in [5.41, 5.74) is 0.0547. The second-order valence-corrected chi connectivity index (χ2v) is 4.57. The summed E-state index contributed by atoms with van der Waals surface area (Å²) in [6.45, 7) is 2.50. The van der Waals surface area contributed by atoms with Crippen molar-refractivity contribution < 1.29 is 19.4 Å². The molecule has 0 aliphatic carbocycles. The van der Waals surface area contributed by atoms with E-state index in [0.29, 0.717) is 19.6 Å². The lowest BCUT2D eigenvalue weighted by Gasteiger charge is -2.24. The number of hydrogen-bond acceptors (Lipinski definition) is 4. The first-order valence-electron chi connectivity index (χ1n) is 6.15. The maximum absolute atomic E-state index is 11.1. The Hall–Kier alpha value is -1.59. The number of benzene rings is 1. The SMILES string of the molecule is CNC(C)(CCOc1cccc(COC)c1)C(=O)O. The topological polar surface area (TPSA) is 67.8 Å². The number of ether oxygens (including phenoxy) is 2. The summed E-state index contributed by atoms with van der Waals surface area (Å²) in [4.78, 5) is 11.1. The van der Waals surface area contributed by atoms with Crippen LogP contribution in [0.1, 0.15) is 18.9 Å². The third kappa shape index (κ3) is 4.54. The molecular weight excluding hydrogens is 246 g/mol. The van der Waals surface area contributed by atoms with Crippen LogP contribution in [0.5, 0.6) is 5.75 Å². The predicted octanol–water partition coefficient (Wildman–Crippen LogP) is 1.66. The molecule has 2 N–H and O–H groups in total. The number of methoxy groups -OCH3 is 1. The lowest BCUT2D eigenvalue weighted by Crippen LogP contribution is -2.48. The van der Waals surface area contributed by atoms with Gasteiger partial charge in [-0.2, -0.15) is 0 Å². The average Bonchev–Trinajstić information content (AvgIpc) is 2.39. The Kier molecular flexibility index (Phi) is 5.79. The largest absolute Gasteiger partial charge is 0.493 e. The number of aliphatic carboxylic acids is 1. The van der Waals surface area contributed by atoms with E-state index in [1.54, 1.807) is 21.1 Å². The number of carboxylic acid groups (broad SMARTS) is 1. The molecule has 1 rings (SSSR count). The highest BCUT2D eigenvalue weighted by Gasteiger charge is 2.30. The lowest BCUT2D eigenvalue weighted by atomic mass is 9.99. The van der Waals surface area contributed by atoms with Gasteiger partial charge in [-0.05, 0) is 31.7 Å². The van der Waals surface area contributed by atoms with Crippen LogP contribution in [-0.2, 0) is 16.1 Å². The number of carbonyl (C=O) groups is 1. The van der Waals surface area contributed by atoms with Crippen LogP contribution in [0.3, 0.4) is 0 Å². The minimum Gasteiger partial charge on any atom is -0.493 e. The van der Waals surface area contributed by atoms with E-state index in [2.05, 4.69) is 5.32 Å². The second-order valence-electron chi connectivity index (χ2n) is 4.57. The Morgan fingerprint density at radius 1 is 1.47 bits per heavy atom. The normalized spacial score (nSPS) is 13.8. The lowest BCUT2D eigenvalue weighted by molar-refractivity contribution is -0.144. The summed E-state index contributed by atoms with van der Waals surface area (Å²) in [6, 6.07) is 7.57. The maximum Gasteiger partial charge on any atom is 0.323 e. The van der Waals surface area contributed by atoms with Crippen LogP contribution in [0, 0.1) is 0 Å². The average molecular weight is 267 g/mol. The molecule has 0 aromatic heterocycles. The van der Waals surface area contributed by atoms with Crippen LogP contribution in [0.25, 0.3) is 0 Å². The van der Waals surface area contributed by atoms with Crippen LogP contribution in [0.15, 0.2) is 24.3 Å². The zero-order chi connectivity index (χ0) is 14.3. The van der Waals surface area contributed by atoms with Gasteiger partial charge in [0.2, 0.25) is 0 Å². The van der Waals surface area contributed by atoms with Gasteiger partial charge >= 0.3 is 5.97 Å². The highest BCUT2D eigenvalue weighted by Crippen LogP contribution is 2.16. The molecule has 1 aromatic carbocycles. The standard InChI is InChI=1S/C14H21NO4/c1-14(15-2,13(16)17)7-8-19-12-6-4-5-11(9-12)10-18-3/h4-6,9,15H,7-8,10H2,1-3H3,(H,16,17). The Morgan fingerprint density at radius 2 is 2.21 bits per heavy atom. The summed E-state index contributed by atoms with van der Waals surface area (Å²) in [7, 11) is 3.27. The molecule has 19 heavy (non-hydrogen) atoms. The van der Waals surface area contributed by atoms with Crippen LogP contribution >= 0.6 is 0 Å². The minimum absolute atomic E-state index is 0.333. The fourth-order valence-corrected chi connectivity index (χ4v) is 1.60. The molecule has 0 saturated carbocycles. The van der Waals surface area contributed by atoms with Gasteiger partial charge in [0.15, 0.2) is 0 Å². The molecule has 1 atom stereocenters. The highest BCUT2D eigenvalue weighted by molar-refractivity contribution is 5.78. The summed E-state index contributed by atoms with van der Waals surface area (Å²) in [6.07, 6.45) is 0.382. The molecule has 5 heteroatoms. The summed E-state index contributed by atoms with van der Waals surface area (Å²) < 4.78 is 10.6. The van der Waals surface area contributed by atoms with Crippen molar-refractivity contribution in [3.63, 3.8) is 0 Å². The van der Waals surface area contributed by atoms with Crippen molar-refractivity contribution in [2.45, 2.75) is 25.5 Å². The molecule has 1 unspecified atom stereocenters. The monoisotopic (exact) mass is 267 g/mol. The number of rotatable bonds is 8. The number of hydrogen-bond donors (Lipinski definition) is 2. The van der Waals surface area contributed by atoms with E-state index < -0.39 is 11.5 Å². The van der Waals surface area contributed by atoms with Gasteiger partial charge in [0.25, 0.3) is 0 Å². The Labute approximate surface area is 113 Å². The first kappa shape index (κ1) is 15.5. The Balaban J connectivity index is 2.53.